The topological polar surface area (TPSA) is 65.8 Å². The summed E-state index contributed by atoms with van der Waals surface area (Å²) in [5, 5.41) is 12.3. The Morgan fingerprint density at radius 1 is 1.67 bits per heavy atom. The van der Waals surface area contributed by atoms with Crippen LogP contribution in [0, 0.1) is 17.2 Å². The van der Waals surface area contributed by atoms with Gasteiger partial charge in [0, 0.05) is 0 Å². The molecule has 0 bridgehead atoms. The van der Waals surface area contributed by atoms with Crippen LogP contribution < -0.4 is 5.32 Å². The van der Waals surface area contributed by atoms with Gasteiger partial charge in [-0.2, -0.15) is 5.26 Å². The average Bonchev–Trinajstić information content (AvgIpc) is 2.93. The number of nitriles is 1. The van der Waals surface area contributed by atoms with Crippen LogP contribution in [0.25, 0.3) is 0 Å². The zero-order valence-corrected chi connectivity index (χ0v) is 11.3. The largest absolute Gasteiger partial charge is 0.333 e. The predicted octanol–water partition coefficient (Wildman–Crippen LogP) is 2.74. The number of aromatic nitrogens is 1. The first kappa shape index (κ1) is 13.0. The summed E-state index contributed by atoms with van der Waals surface area (Å²) in [4.78, 5) is 16.5. The predicted molar refractivity (Wildman–Crippen MR) is 70.2 cm³/mol. The van der Waals surface area contributed by atoms with Crippen molar-refractivity contribution < 1.29 is 4.79 Å². The third kappa shape index (κ3) is 2.70. The van der Waals surface area contributed by atoms with Crippen LogP contribution in [0.4, 0.5) is 0 Å². The number of hydrogen-bond acceptors (Lipinski definition) is 4. The smallest absolute Gasteiger partial charge is 0.264 e. The molecule has 4 nitrogen and oxygen atoms in total. The number of thiazole rings is 1. The van der Waals surface area contributed by atoms with Gasteiger partial charge in [-0.1, -0.05) is 13.3 Å². The fourth-order valence-corrected chi connectivity index (χ4v) is 2.97. The lowest BCUT2D eigenvalue weighted by Crippen LogP contribution is -2.49. The van der Waals surface area contributed by atoms with Crippen LogP contribution in [0.1, 0.15) is 48.7 Å². The van der Waals surface area contributed by atoms with Crippen molar-refractivity contribution in [3.8, 4) is 6.07 Å². The first-order chi connectivity index (χ1) is 8.69. The molecule has 0 atom stereocenters. The summed E-state index contributed by atoms with van der Waals surface area (Å²) in [5.41, 5.74) is 0.953. The molecular formula is C13H17N3OS. The molecule has 5 heteroatoms. The Balaban J connectivity index is 2.02. The molecule has 2 rings (SSSR count). The molecule has 0 aromatic carbocycles. The van der Waals surface area contributed by atoms with Gasteiger partial charge in [0.15, 0.2) is 0 Å². The highest BCUT2D eigenvalue weighted by Gasteiger charge is 2.36. The Bertz CT molecular complexity index is 441. The summed E-state index contributed by atoms with van der Waals surface area (Å²) in [6.07, 6.45) is 6.26. The van der Waals surface area contributed by atoms with E-state index in [0.717, 1.165) is 32.1 Å². The molecule has 1 aromatic heterocycles. The van der Waals surface area contributed by atoms with Gasteiger partial charge >= 0.3 is 0 Å². The number of hydrogen-bond donors (Lipinski definition) is 1. The number of nitrogens with one attached hydrogen (secondary N) is 1. The van der Waals surface area contributed by atoms with Gasteiger partial charge in [0.2, 0.25) is 0 Å². The van der Waals surface area contributed by atoms with Crippen LogP contribution >= 0.6 is 11.3 Å². The van der Waals surface area contributed by atoms with Crippen LogP contribution in [0.15, 0.2) is 11.7 Å². The Hall–Kier alpha value is -1.41. The van der Waals surface area contributed by atoms with Gasteiger partial charge in [0.1, 0.15) is 10.4 Å². The first-order valence-corrected chi connectivity index (χ1v) is 7.19. The molecule has 1 fully saturated rings. The zero-order chi connectivity index (χ0) is 13.0. The molecule has 0 radical (unpaired) electrons. The van der Waals surface area contributed by atoms with Crippen LogP contribution in [0.2, 0.25) is 0 Å². The van der Waals surface area contributed by atoms with Crippen molar-refractivity contribution >= 4 is 17.2 Å². The third-order valence-corrected chi connectivity index (χ3v) is 4.53. The Kier molecular flexibility index (Phi) is 3.97. The van der Waals surface area contributed by atoms with E-state index in [1.165, 1.54) is 11.3 Å². The lowest BCUT2D eigenvalue weighted by molar-refractivity contribution is 0.0895. The van der Waals surface area contributed by atoms with Crippen molar-refractivity contribution in [1.29, 1.82) is 5.26 Å². The quantitative estimate of drug-likeness (QED) is 0.911. The molecule has 1 aliphatic rings. The van der Waals surface area contributed by atoms with E-state index in [9.17, 15) is 10.1 Å². The monoisotopic (exact) mass is 263 g/mol. The number of amides is 1. The molecule has 0 saturated heterocycles. The SMILES string of the molecule is CCC1CCC(C#N)(NC(=O)c2cncs2)CC1. The molecule has 1 N–H and O–H groups in total. The molecule has 96 valence electrons. The number of nitrogens with zero attached hydrogens (tertiary/aromatic N) is 2. The maximum absolute atomic E-state index is 12.0. The molecular weight excluding hydrogens is 246 g/mol. The fraction of sp³-hybridized carbons (Fsp3) is 0.615. The molecule has 1 aromatic rings. The highest BCUT2D eigenvalue weighted by Crippen LogP contribution is 2.33. The summed E-state index contributed by atoms with van der Waals surface area (Å²) >= 11 is 1.30. The summed E-state index contributed by atoms with van der Waals surface area (Å²) in [6.45, 7) is 2.18. The second kappa shape index (κ2) is 5.49. The fourth-order valence-electron chi connectivity index (χ4n) is 2.45. The minimum absolute atomic E-state index is 0.172. The summed E-state index contributed by atoms with van der Waals surface area (Å²) in [5.74, 6) is 0.528. The molecule has 0 aliphatic heterocycles. The Labute approximate surface area is 111 Å². The van der Waals surface area contributed by atoms with Crippen molar-refractivity contribution in [1.82, 2.24) is 10.3 Å². The van der Waals surface area contributed by atoms with Gasteiger partial charge < -0.3 is 5.32 Å². The maximum atomic E-state index is 12.0. The number of carbonyl (C=O) groups is 1. The van der Waals surface area contributed by atoms with Crippen molar-refractivity contribution in [3.05, 3.63) is 16.6 Å². The minimum Gasteiger partial charge on any atom is -0.333 e. The van der Waals surface area contributed by atoms with Crippen molar-refractivity contribution in [2.75, 3.05) is 0 Å². The van der Waals surface area contributed by atoms with E-state index in [4.69, 9.17) is 0 Å². The van der Waals surface area contributed by atoms with Gasteiger partial charge in [-0.25, -0.2) is 0 Å². The summed E-state index contributed by atoms with van der Waals surface area (Å²) in [6, 6.07) is 2.31. The number of carbonyl (C=O) groups excluding carboxylic acids is 1. The molecule has 1 aliphatic carbocycles. The van der Waals surface area contributed by atoms with Crippen LogP contribution in [0.3, 0.4) is 0 Å². The summed E-state index contributed by atoms with van der Waals surface area (Å²) < 4.78 is 0. The first-order valence-electron chi connectivity index (χ1n) is 6.31. The molecule has 0 spiro atoms. The molecule has 18 heavy (non-hydrogen) atoms. The van der Waals surface area contributed by atoms with Crippen molar-refractivity contribution in [2.24, 2.45) is 5.92 Å². The Morgan fingerprint density at radius 2 is 2.39 bits per heavy atom. The number of rotatable bonds is 3. The zero-order valence-electron chi connectivity index (χ0n) is 10.5. The van der Waals surface area contributed by atoms with Gasteiger partial charge in [-0.05, 0) is 31.6 Å². The van der Waals surface area contributed by atoms with E-state index >= 15 is 0 Å². The van der Waals surface area contributed by atoms with Crippen molar-refractivity contribution in [2.45, 2.75) is 44.6 Å². The average molecular weight is 263 g/mol. The second-order valence-corrected chi connectivity index (χ2v) is 5.75. The molecule has 1 saturated carbocycles. The van der Waals surface area contributed by atoms with E-state index in [1.54, 1.807) is 11.7 Å². The van der Waals surface area contributed by atoms with E-state index < -0.39 is 5.54 Å². The van der Waals surface area contributed by atoms with E-state index in [2.05, 4.69) is 23.3 Å². The van der Waals surface area contributed by atoms with E-state index in [-0.39, 0.29) is 5.91 Å². The van der Waals surface area contributed by atoms with E-state index in [0.29, 0.717) is 10.8 Å². The second-order valence-electron chi connectivity index (χ2n) is 4.87. The lowest BCUT2D eigenvalue weighted by atomic mass is 9.76. The standard InChI is InChI=1S/C13H17N3OS/c1-2-10-3-5-13(8-14,6-4-10)16-12(17)11-7-15-9-18-11/h7,9-10H,2-6H2,1H3,(H,16,17). The summed E-state index contributed by atoms with van der Waals surface area (Å²) in [7, 11) is 0. The van der Waals surface area contributed by atoms with Crippen LogP contribution in [-0.4, -0.2) is 16.4 Å². The normalized spacial score (nSPS) is 27.4. The minimum atomic E-state index is -0.674. The molecule has 0 unspecified atom stereocenters. The lowest BCUT2D eigenvalue weighted by Gasteiger charge is -2.35. The Morgan fingerprint density at radius 3 is 2.89 bits per heavy atom. The van der Waals surface area contributed by atoms with Gasteiger partial charge in [0.25, 0.3) is 5.91 Å². The van der Waals surface area contributed by atoms with E-state index in [1.807, 2.05) is 0 Å². The van der Waals surface area contributed by atoms with Crippen molar-refractivity contribution in [3.63, 3.8) is 0 Å². The van der Waals surface area contributed by atoms with Gasteiger partial charge in [-0.15, -0.1) is 11.3 Å². The highest BCUT2D eigenvalue weighted by atomic mass is 32.1. The van der Waals surface area contributed by atoms with Gasteiger partial charge in [0.05, 0.1) is 17.8 Å². The highest BCUT2D eigenvalue weighted by molar-refractivity contribution is 7.11. The molecule has 1 amide bonds. The van der Waals surface area contributed by atoms with Crippen LogP contribution in [0.5, 0.6) is 0 Å². The van der Waals surface area contributed by atoms with Crippen LogP contribution in [-0.2, 0) is 0 Å². The van der Waals surface area contributed by atoms with Gasteiger partial charge in [-0.3, -0.25) is 9.78 Å². The molecule has 1 heterocycles. The third-order valence-electron chi connectivity index (χ3n) is 3.76. The maximum Gasteiger partial charge on any atom is 0.264 e.